The number of methoxy groups -OCH3 is 1. The predicted octanol–water partition coefficient (Wildman–Crippen LogP) is -0.372. The highest BCUT2D eigenvalue weighted by molar-refractivity contribution is 5.98. The van der Waals surface area contributed by atoms with Crippen molar-refractivity contribution in [3.8, 4) is 11.5 Å². The highest BCUT2D eigenvalue weighted by Gasteiger charge is 2.32. The summed E-state index contributed by atoms with van der Waals surface area (Å²) >= 11 is 0. The topological polar surface area (TPSA) is 183 Å². The zero-order valence-corrected chi connectivity index (χ0v) is 19.4. The number of hydrogen-bond donors (Lipinski definition) is 6. The van der Waals surface area contributed by atoms with E-state index in [-0.39, 0.29) is 30.8 Å². The second-order valence-corrected chi connectivity index (χ2v) is 8.15. The second-order valence-electron chi connectivity index (χ2n) is 8.15. The van der Waals surface area contributed by atoms with Gasteiger partial charge < -0.3 is 44.8 Å². The molecule has 1 aromatic rings. The molecule has 0 spiro atoms. The quantitative estimate of drug-likeness (QED) is 0.168. The lowest BCUT2D eigenvalue weighted by atomic mass is 9.94. The van der Waals surface area contributed by atoms with E-state index < -0.39 is 49.6 Å². The summed E-state index contributed by atoms with van der Waals surface area (Å²) in [6, 6.07) is 0. The summed E-state index contributed by atoms with van der Waals surface area (Å²) in [5, 5.41) is 57.8. The molecule has 0 amide bonds. The summed E-state index contributed by atoms with van der Waals surface area (Å²) in [6.07, 6.45) is -4.62. The molecule has 1 aromatic carbocycles. The zero-order valence-electron chi connectivity index (χ0n) is 19.4. The minimum Gasteiger partial charge on any atom is -0.507 e. The van der Waals surface area contributed by atoms with Crippen molar-refractivity contribution in [3.05, 3.63) is 33.9 Å². The van der Waals surface area contributed by atoms with Crippen LogP contribution in [0.1, 0.15) is 46.8 Å². The molecule has 4 atom stereocenters. The molecule has 0 bridgehead atoms. The number of fused-ring (bicyclic) bond motifs is 1. The van der Waals surface area contributed by atoms with Crippen molar-refractivity contribution in [2.45, 2.75) is 64.1 Å². The first-order valence-corrected chi connectivity index (χ1v) is 10.8. The van der Waals surface area contributed by atoms with Crippen LogP contribution in [0.5, 0.6) is 11.5 Å². The third kappa shape index (κ3) is 6.24. The molecule has 0 aliphatic carbocycles. The Morgan fingerprint density at radius 1 is 1.15 bits per heavy atom. The Balaban J connectivity index is 1.93. The molecular weight excluding hydrogens is 452 g/mol. The Hall–Kier alpha value is -2.70. The van der Waals surface area contributed by atoms with Crippen LogP contribution in [-0.2, 0) is 27.3 Å². The number of esters is 2. The van der Waals surface area contributed by atoms with Crippen LogP contribution in [0, 0.1) is 6.92 Å². The van der Waals surface area contributed by atoms with Gasteiger partial charge in [-0.3, -0.25) is 4.79 Å². The minimum absolute atomic E-state index is 0.0361. The summed E-state index contributed by atoms with van der Waals surface area (Å²) < 4.78 is 15.4. The fourth-order valence-electron chi connectivity index (χ4n) is 3.62. The van der Waals surface area contributed by atoms with E-state index in [9.17, 15) is 35.1 Å². The third-order valence-electron chi connectivity index (χ3n) is 5.77. The first-order chi connectivity index (χ1) is 16.0. The van der Waals surface area contributed by atoms with Gasteiger partial charge >= 0.3 is 11.9 Å². The van der Waals surface area contributed by atoms with Crippen LogP contribution in [0.3, 0.4) is 0 Å². The summed E-state index contributed by atoms with van der Waals surface area (Å²) in [4.78, 5) is 23.9. The molecule has 34 heavy (non-hydrogen) atoms. The van der Waals surface area contributed by atoms with E-state index in [0.717, 1.165) is 5.57 Å². The number of hydrogen-bond acceptors (Lipinski definition) is 11. The number of ether oxygens (including phenoxy) is 3. The number of cyclic esters (lactones) is 1. The molecule has 0 radical (unpaired) electrons. The maximum Gasteiger partial charge on any atom is 0.342 e. The van der Waals surface area contributed by atoms with Gasteiger partial charge in [-0.15, -0.1) is 0 Å². The normalized spacial score (nSPS) is 16.9. The molecule has 1 heterocycles. The number of phenols is 1. The minimum atomic E-state index is -1.81. The number of allylic oxidation sites excluding steroid dienone is 2. The SMILES string of the molecule is COc1c(C)c2c(c(O)c1C/C=C(\C)CCC(=O)OC[C@H](O)[C@@H](O)[C@H](O)[C@H](O)CO)C(=O)OC2. The maximum absolute atomic E-state index is 12.0. The number of benzene rings is 1. The first kappa shape index (κ1) is 27.5. The molecule has 2 rings (SSSR count). The Labute approximate surface area is 196 Å². The summed E-state index contributed by atoms with van der Waals surface area (Å²) in [5.74, 6) is -0.982. The molecule has 6 N–H and O–H groups in total. The molecular formula is C23H32O11. The number of aliphatic hydroxyl groups is 5. The predicted molar refractivity (Wildman–Crippen MR) is 117 cm³/mol. The van der Waals surface area contributed by atoms with Gasteiger partial charge in [-0.05, 0) is 32.3 Å². The Kier molecular flexibility index (Phi) is 9.83. The van der Waals surface area contributed by atoms with Crippen molar-refractivity contribution >= 4 is 11.9 Å². The number of phenolic OH excluding ortho intramolecular Hbond substituents is 1. The maximum atomic E-state index is 12.0. The van der Waals surface area contributed by atoms with E-state index >= 15 is 0 Å². The molecule has 0 fully saturated rings. The average Bonchev–Trinajstić information content (AvgIpc) is 3.22. The van der Waals surface area contributed by atoms with Crippen LogP contribution in [0.15, 0.2) is 11.6 Å². The van der Waals surface area contributed by atoms with Crippen LogP contribution < -0.4 is 4.74 Å². The lowest BCUT2D eigenvalue weighted by Crippen LogP contribution is -2.47. The van der Waals surface area contributed by atoms with E-state index in [1.54, 1.807) is 19.9 Å². The van der Waals surface area contributed by atoms with Crippen LogP contribution in [-0.4, -0.2) is 87.3 Å². The van der Waals surface area contributed by atoms with Gasteiger partial charge in [-0.1, -0.05) is 11.6 Å². The highest BCUT2D eigenvalue weighted by Crippen LogP contribution is 2.42. The van der Waals surface area contributed by atoms with Gasteiger partial charge in [0.15, 0.2) is 0 Å². The second kappa shape index (κ2) is 12.1. The van der Waals surface area contributed by atoms with E-state index in [1.807, 2.05) is 0 Å². The van der Waals surface area contributed by atoms with Crippen LogP contribution >= 0.6 is 0 Å². The molecule has 1 aliphatic heterocycles. The fraction of sp³-hybridized carbons (Fsp3) is 0.565. The Morgan fingerprint density at radius 3 is 2.41 bits per heavy atom. The standard InChI is InChI=1S/C23H32O11/c1-11(5-7-17(27)33-10-16(26)21(30)20(29)15(25)8-24)4-6-13-19(28)18-14(9-34-23(18)31)12(2)22(13)32-3/h4,15-16,20-21,24-26,28-30H,5-10H2,1-3H3/b11-4+/t15-,16+,20-,21-/m1/s1. The lowest BCUT2D eigenvalue weighted by Gasteiger charge is -2.25. The zero-order chi connectivity index (χ0) is 25.6. The van der Waals surface area contributed by atoms with Crippen molar-refractivity contribution in [3.63, 3.8) is 0 Å². The van der Waals surface area contributed by atoms with E-state index in [2.05, 4.69) is 0 Å². The number of aliphatic hydroxyl groups excluding tert-OH is 5. The molecule has 0 saturated carbocycles. The molecule has 0 saturated heterocycles. The molecule has 11 heteroatoms. The average molecular weight is 484 g/mol. The first-order valence-electron chi connectivity index (χ1n) is 10.8. The number of carbonyl (C=O) groups excluding carboxylic acids is 2. The van der Waals surface area contributed by atoms with E-state index in [1.165, 1.54) is 7.11 Å². The Bertz CT molecular complexity index is 924. The van der Waals surface area contributed by atoms with Crippen molar-refractivity contribution < 1.29 is 54.4 Å². The number of carbonyl (C=O) groups is 2. The van der Waals surface area contributed by atoms with Gasteiger partial charge in [0.05, 0.1) is 13.7 Å². The largest absolute Gasteiger partial charge is 0.507 e. The summed E-state index contributed by atoms with van der Waals surface area (Å²) in [7, 11) is 1.47. The van der Waals surface area contributed by atoms with Crippen LogP contribution in [0.4, 0.5) is 0 Å². The fourth-order valence-corrected chi connectivity index (χ4v) is 3.62. The number of rotatable bonds is 12. The van der Waals surface area contributed by atoms with Crippen LogP contribution in [0.2, 0.25) is 0 Å². The molecule has 0 unspecified atom stereocenters. The van der Waals surface area contributed by atoms with Gasteiger partial charge in [-0.25, -0.2) is 4.79 Å². The van der Waals surface area contributed by atoms with Crippen molar-refractivity contribution in [2.24, 2.45) is 0 Å². The monoisotopic (exact) mass is 484 g/mol. The molecule has 1 aliphatic rings. The smallest absolute Gasteiger partial charge is 0.342 e. The molecule has 11 nitrogen and oxygen atoms in total. The van der Waals surface area contributed by atoms with Gasteiger partial charge in [0.25, 0.3) is 0 Å². The summed E-state index contributed by atoms with van der Waals surface area (Å²) in [6.45, 7) is 2.22. The lowest BCUT2D eigenvalue weighted by molar-refractivity contribution is -0.156. The third-order valence-corrected chi connectivity index (χ3v) is 5.77. The van der Waals surface area contributed by atoms with Crippen molar-refractivity contribution in [1.29, 1.82) is 0 Å². The number of aromatic hydroxyl groups is 1. The van der Waals surface area contributed by atoms with E-state index in [0.29, 0.717) is 28.9 Å². The highest BCUT2D eigenvalue weighted by atomic mass is 16.5. The Morgan fingerprint density at radius 2 is 1.79 bits per heavy atom. The van der Waals surface area contributed by atoms with Crippen LogP contribution in [0.25, 0.3) is 0 Å². The van der Waals surface area contributed by atoms with Gasteiger partial charge in [0, 0.05) is 17.5 Å². The van der Waals surface area contributed by atoms with Gasteiger partial charge in [0.2, 0.25) is 0 Å². The van der Waals surface area contributed by atoms with Crippen molar-refractivity contribution in [1.82, 2.24) is 0 Å². The van der Waals surface area contributed by atoms with E-state index in [4.69, 9.17) is 19.3 Å². The molecule has 190 valence electrons. The molecule has 0 aromatic heterocycles. The van der Waals surface area contributed by atoms with Gasteiger partial charge in [-0.2, -0.15) is 0 Å². The van der Waals surface area contributed by atoms with Crippen molar-refractivity contribution in [2.75, 3.05) is 20.3 Å². The summed E-state index contributed by atoms with van der Waals surface area (Å²) in [5.41, 5.74) is 2.67. The van der Waals surface area contributed by atoms with Gasteiger partial charge in [0.1, 0.15) is 54.7 Å².